The Labute approximate surface area is 178 Å². The zero-order valence-corrected chi connectivity index (χ0v) is 18.5. The van der Waals surface area contributed by atoms with E-state index in [-0.39, 0.29) is 12.1 Å². The molecule has 30 heavy (non-hydrogen) atoms. The fourth-order valence-electron chi connectivity index (χ4n) is 4.56. The molecule has 9 heteroatoms. The van der Waals surface area contributed by atoms with E-state index in [4.69, 9.17) is 15.2 Å². The van der Waals surface area contributed by atoms with Crippen LogP contribution in [0.25, 0.3) is 0 Å². The van der Waals surface area contributed by atoms with Crippen molar-refractivity contribution in [1.82, 2.24) is 15.1 Å². The third kappa shape index (κ3) is 4.46. The second-order valence-electron chi connectivity index (χ2n) is 9.57. The number of rotatable bonds is 3. The summed E-state index contributed by atoms with van der Waals surface area (Å²) in [6.45, 7) is 11.7. The van der Waals surface area contributed by atoms with Gasteiger partial charge in [-0.2, -0.15) is 0 Å². The predicted molar refractivity (Wildman–Crippen MR) is 115 cm³/mol. The van der Waals surface area contributed by atoms with Gasteiger partial charge in [0.15, 0.2) is 5.82 Å². The summed E-state index contributed by atoms with van der Waals surface area (Å²) in [5, 5.41) is 8.91. The smallest absolute Gasteiger partial charge is 0.410 e. The maximum atomic E-state index is 12.5. The van der Waals surface area contributed by atoms with E-state index in [0.717, 1.165) is 43.1 Å². The first-order valence-corrected chi connectivity index (χ1v) is 10.9. The largest absolute Gasteiger partial charge is 0.444 e. The number of carbonyl (C=O) groups is 1. The van der Waals surface area contributed by atoms with E-state index in [2.05, 4.69) is 33.0 Å². The number of morpholine rings is 1. The van der Waals surface area contributed by atoms with E-state index in [0.29, 0.717) is 38.4 Å². The Balaban J connectivity index is 1.50. The number of piperazine rings is 1. The number of anilines is 2. The minimum Gasteiger partial charge on any atom is -0.444 e. The lowest BCUT2D eigenvalue weighted by atomic mass is 10.1. The summed E-state index contributed by atoms with van der Waals surface area (Å²) in [7, 11) is 0. The summed E-state index contributed by atoms with van der Waals surface area (Å²) >= 11 is 0. The summed E-state index contributed by atoms with van der Waals surface area (Å²) < 4.78 is 11.5. The Kier molecular flexibility index (Phi) is 5.76. The molecule has 2 unspecified atom stereocenters. The number of carbonyl (C=O) groups excluding carboxylic acids is 1. The topological polar surface area (TPSA) is 97.0 Å². The average Bonchev–Trinajstić information content (AvgIpc) is 3.03. The molecule has 3 aliphatic heterocycles. The Morgan fingerprint density at radius 1 is 1.20 bits per heavy atom. The van der Waals surface area contributed by atoms with Crippen molar-refractivity contribution in [3.63, 3.8) is 0 Å². The van der Waals surface area contributed by atoms with Gasteiger partial charge in [0.2, 0.25) is 0 Å². The lowest BCUT2D eigenvalue weighted by Gasteiger charge is -2.42. The maximum absolute atomic E-state index is 12.5. The molecule has 4 heterocycles. The zero-order chi connectivity index (χ0) is 21.5. The van der Waals surface area contributed by atoms with Gasteiger partial charge in [0.25, 0.3) is 0 Å². The molecule has 9 nitrogen and oxygen atoms in total. The zero-order valence-electron chi connectivity index (χ0n) is 18.5. The highest BCUT2D eigenvalue weighted by atomic mass is 16.6. The normalized spacial score (nSPS) is 26.8. The van der Waals surface area contributed by atoms with Crippen LogP contribution in [0.4, 0.5) is 16.3 Å². The molecule has 1 aromatic rings. The van der Waals surface area contributed by atoms with Gasteiger partial charge in [-0.3, -0.25) is 0 Å². The summed E-state index contributed by atoms with van der Waals surface area (Å²) in [5.41, 5.74) is 7.29. The Bertz CT molecular complexity index is 770. The molecule has 3 aliphatic rings. The van der Waals surface area contributed by atoms with Gasteiger partial charge in [0.05, 0.1) is 17.9 Å². The fraction of sp³-hybridized carbons (Fsp3) is 0.762. The van der Waals surface area contributed by atoms with Crippen LogP contribution in [0.5, 0.6) is 0 Å². The summed E-state index contributed by atoms with van der Waals surface area (Å²) in [6, 6.07) is 2.23. The molecule has 0 saturated carbocycles. The lowest BCUT2D eigenvalue weighted by molar-refractivity contribution is 0.0218. The van der Waals surface area contributed by atoms with Crippen molar-refractivity contribution in [2.45, 2.75) is 70.9 Å². The van der Waals surface area contributed by atoms with Crippen LogP contribution < -0.4 is 15.5 Å². The standard InChI is InChI=1S/C21H34N6O3/c1-14-11-25(20(28)30-21(2,3)4)7-8-27(14)18-9-19(24-23-17(18)10-22)26-12-15-5-6-16(13-26)29-15/h9,14-16H,5-8,10-13,22H2,1-4H3/t14-,15?,16?/m1/s1. The number of nitrogens with two attached hydrogens (primary N) is 1. The molecule has 1 amide bonds. The molecule has 0 spiro atoms. The molecule has 2 bridgehead atoms. The second kappa shape index (κ2) is 8.19. The minimum absolute atomic E-state index is 0.120. The summed E-state index contributed by atoms with van der Waals surface area (Å²) in [4.78, 5) is 18.8. The summed E-state index contributed by atoms with van der Waals surface area (Å²) in [6.07, 6.45) is 2.56. The third-order valence-electron chi connectivity index (χ3n) is 5.98. The Morgan fingerprint density at radius 2 is 1.90 bits per heavy atom. The minimum atomic E-state index is -0.494. The third-order valence-corrected chi connectivity index (χ3v) is 5.98. The van der Waals surface area contributed by atoms with Gasteiger partial charge in [-0.1, -0.05) is 0 Å². The number of hydrogen-bond donors (Lipinski definition) is 1. The van der Waals surface area contributed by atoms with Gasteiger partial charge in [0, 0.05) is 51.4 Å². The second-order valence-corrected chi connectivity index (χ2v) is 9.57. The van der Waals surface area contributed by atoms with E-state index in [1.165, 1.54) is 0 Å². The number of ether oxygens (including phenoxy) is 2. The van der Waals surface area contributed by atoms with Crippen LogP contribution in [-0.2, 0) is 16.0 Å². The van der Waals surface area contributed by atoms with Crippen molar-refractivity contribution in [1.29, 1.82) is 0 Å². The number of hydrogen-bond acceptors (Lipinski definition) is 8. The first kappa shape index (κ1) is 21.1. The van der Waals surface area contributed by atoms with Crippen LogP contribution >= 0.6 is 0 Å². The lowest BCUT2D eigenvalue weighted by Crippen LogP contribution is -2.55. The van der Waals surface area contributed by atoms with Crippen molar-refractivity contribution in [2.75, 3.05) is 42.5 Å². The van der Waals surface area contributed by atoms with Crippen molar-refractivity contribution >= 4 is 17.6 Å². The van der Waals surface area contributed by atoms with Crippen LogP contribution in [-0.4, -0.2) is 77.8 Å². The molecule has 0 aliphatic carbocycles. The number of nitrogens with zero attached hydrogens (tertiary/aromatic N) is 5. The van der Waals surface area contributed by atoms with E-state index >= 15 is 0 Å². The van der Waals surface area contributed by atoms with Crippen LogP contribution in [0.15, 0.2) is 6.07 Å². The van der Waals surface area contributed by atoms with Crippen LogP contribution in [0.2, 0.25) is 0 Å². The Hall–Kier alpha value is -2.13. The van der Waals surface area contributed by atoms with Crippen molar-refractivity contribution in [3.8, 4) is 0 Å². The highest BCUT2D eigenvalue weighted by Crippen LogP contribution is 2.32. The highest BCUT2D eigenvalue weighted by Gasteiger charge is 2.35. The van der Waals surface area contributed by atoms with Crippen molar-refractivity contribution in [3.05, 3.63) is 11.8 Å². The van der Waals surface area contributed by atoms with Crippen LogP contribution in [0, 0.1) is 0 Å². The number of amides is 1. The maximum Gasteiger partial charge on any atom is 0.410 e. The van der Waals surface area contributed by atoms with Gasteiger partial charge >= 0.3 is 6.09 Å². The van der Waals surface area contributed by atoms with Gasteiger partial charge in [-0.25, -0.2) is 4.79 Å². The van der Waals surface area contributed by atoms with Gasteiger partial charge in [-0.15, -0.1) is 10.2 Å². The molecule has 166 valence electrons. The molecule has 3 saturated heterocycles. The monoisotopic (exact) mass is 418 g/mol. The van der Waals surface area contributed by atoms with E-state index in [1.54, 1.807) is 4.90 Å². The highest BCUT2D eigenvalue weighted by molar-refractivity contribution is 5.69. The van der Waals surface area contributed by atoms with Crippen LogP contribution in [0.3, 0.4) is 0 Å². The first-order valence-electron chi connectivity index (χ1n) is 10.9. The molecular formula is C21H34N6O3. The molecular weight excluding hydrogens is 384 g/mol. The van der Waals surface area contributed by atoms with E-state index in [9.17, 15) is 4.79 Å². The predicted octanol–water partition coefficient (Wildman–Crippen LogP) is 1.75. The summed E-state index contributed by atoms with van der Waals surface area (Å²) in [5.74, 6) is 0.879. The van der Waals surface area contributed by atoms with Crippen molar-refractivity contribution < 1.29 is 14.3 Å². The van der Waals surface area contributed by atoms with Gasteiger partial charge < -0.3 is 29.9 Å². The van der Waals surface area contributed by atoms with E-state index in [1.807, 2.05) is 20.8 Å². The molecule has 4 rings (SSSR count). The molecule has 1 aromatic heterocycles. The molecule has 0 aromatic carbocycles. The quantitative estimate of drug-likeness (QED) is 0.793. The van der Waals surface area contributed by atoms with E-state index < -0.39 is 5.60 Å². The van der Waals surface area contributed by atoms with Crippen molar-refractivity contribution in [2.24, 2.45) is 5.73 Å². The fourth-order valence-corrected chi connectivity index (χ4v) is 4.56. The molecule has 0 radical (unpaired) electrons. The number of aromatic nitrogens is 2. The van der Waals surface area contributed by atoms with Crippen LogP contribution in [0.1, 0.15) is 46.2 Å². The Morgan fingerprint density at radius 3 is 2.50 bits per heavy atom. The molecule has 2 N–H and O–H groups in total. The number of fused-ring (bicyclic) bond motifs is 2. The van der Waals surface area contributed by atoms with Gasteiger partial charge in [0.1, 0.15) is 11.3 Å². The average molecular weight is 419 g/mol. The molecule has 3 atom stereocenters. The first-order chi connectivity index (χ1) is 14.2. The SMILES string of the molecule is C[C@@H]1CN(C(=O)OC(C)(C)C)CCN1c1cc(N2CC3CCC(C2)O3)nnc1CN. The molecule has 3 fully saturated rings. The van der Waals surface area contributed by atoms with Gasteiger partial charge in [-0.05, 0) is 40.5 Å².